The van der Waals surface area contributed by atoms with E-state index in [1.807, 2.05) is 30.3 Å². The fourth-order valence-corrected chi connectivity index (χ4v) is 2.83. The highest BCUT2D eigenvalue weighted by Crippen LogP contribution is 2.19. The first-order valence-corrected chi connectivity index (χ1v) is 7.97. The molecule has 1 unspecified atom stereocenters. The van der Waals surface area contributed by atoms with Crippen molar-refractivity contribution in [3.63, 3.8) is 0 Å². The average molecular weight is 321 g/mol. The van der Waals surface area contributed by atoms with Gasteiger partial charge in [-0.2, -0.15) is 0 Å². The van der Waals surface area contributed by atoms with Gasteiger partial charge in [0.25, 0.3) is 0 Å². The summed E-state index contributed by atoms with van der Waals surface area (Å²) in [6, 6.07) is 13.1. The summed E-state index contributed by atoms with van der Waals surface area (Å²) in [6.45, 7) is 1.74. The number of benzene rings is 2. The molecular weight excluding hydrogens is 304 g/mol. The Kier molecular flexibility index (Phi) is 5.95. The van der Waals surface area contributed by atoms with Crippen LogP contribution in [-0.2, 0) is 4.79 Å². The van der Waals surface area contributed by atoms with E-state index >= 15 is 0 Å². The zero-order valence-electron chi connectivity index (χ0n) is 12.2. The van der Waals surface area contributed by atoms with Gasteiger partial charge in [0, 0.05) is 17.1 Å². The molecule has 2 aromatic carbocycles. The van der Waals surface area contributed by atoms with Gasteiger partial charge in [0.15, 0.2) is 11.6 Å². The molecule has 22 heavy (non-hydrogen) atoms. The minimum atomic E-state index is -0.904. The molecule has 0 bridgehead atoms. The Labute approximate surface area is 132 Å². The highest BCUT2D eigenvalue weighted by Gasteiger charge is 2.12. The number of rotatable bonds is 6. The molecule has 0 radical (unpaired) electrons. The Balaban J connectivity index is 1.80. The molecule has 0 aliphatic rings. The maximum absolute atomic E-state index is 13.2. The van der Waals surface area contributed by atoms with E-state index in [0.29, 0.717) is 17.7 Å². The van der Waals surface area contributed by atoms with Gasteiger partial charge in [-0.05, 0) is 36.8 Å². The minimum absolute atomic E-state index is 0.110. The molecule has 5 heteroatoms. The lowest BCUT2D eigenvalue weighted by Gasteiger charge is -2.14. The van der Waals surface area contributed by atoms with E-state index in [1.165, 1.54) is 6.07 Å². The number of hydrogen-bond acceptors (Lipinski definition) is 2. The summed E-state index contributed by atoms with van der Waals surface area (Å²) in [6.07, 6.45) is 0.369. The summed E-state index contributed by atoms with van der Waals surface area (Å²) in [5, 5.41) is 2.79. The van der Waals surface area contributed by atoms with Crippen molar-refractivity contribution < 1.29 is 13.6 Å². The molecule has 1 atom stereocenters. The molecule has 1 amide bonds. The van der Waals surface area contributed by atoms with Crippen LogP contribution in [0.25, 0.3) is 0 Å². The highest BCUT2D eigenvalue weighted by molar-refractivity contribution is 7.99. The van der Waals surface area contributed by atoms with E-state index in [9.17, 15) is 13.6 Å². The summed E-state index contributed by atoms with van der Waals surface area (Å²) in [5.74, 6) is -1.24. The van der Waals surface area contributed by atoms with Crippen molar-refractivity contribution in [2.45, 2.75) is 24.3 Å². The Morgan fingerprint density at radius 1 is 1.14 bits per heavy atom. The molecule has 0 aromatic heterocycles. The maximum atomic E-state index is 13.2. The van der Waals surface area contributed by atoms with Gasteiger partial charge in [-0.3, -0.25) is 4.79 Å². The van der Waals surface area contributed by atoms with Crippen LogP contribution in [0.1, 0.15) is 24.9 Å². The van der Waals surface area contributed by atoms with Gasteiger partial charge >= 0.3 is 0 Å². The highest BCUT2D eigenvalue weighted by atomic mass is 32.2. The first-order chi connectivity index (χ1) is 10.6. The number of carbonyl (C=O) groups excluding carboxylic acids is 1. The van der Waals surface area contributed by atoms with Crippen LogP contribution in [0.2, 0.25) is 0 Å². The number of hydrogen-bond donors (Lipinski definition) is 1. The van der Waals surface area contributed by atoms with Crippen molar-refractivity contribution in [1.29, 1.82) is 0 Å². The lowest BCUT2D eigenvalue weighted by atomic mass is 10.1. The molecule has 0 aliphatic heterocycles. The third-order valence-electron chi connectivity index (χ3n) is 3.16. The zero-order valence-corrected chi connectivity index (χ0v) is 13.0. The van der Waals surface area contributed by atoms with E-state index < -0.39 is 11.6 Å². The molecule has 2 aromatic rings. The van der Waals surface area contributed by atoms with Crippen LogP contribution in [0.5, 0.6) is 0 Å². The Hall–Kier alpha value is -1.88. The molecule has 2 nitrogen and oxygen atoms in total. The Morgan fingerprint density at radius 2 is 1.86 bits per heavy atom. The Morgan fingerprint density at radius 3 is 2.55 bits per heavy atom. The summed E-state index contributed by atoms with van der Waals surface area (Å²) in [7, 11) is 0. The van der Waals surface area contributed by atoms with Gasteiger partial charge in [-0.1, -0.05) is 24.3 Å². The van der Waals surface area contributed by atoms with E-state index in [1.54, 1.807) is 18.7 Å². The molecule has 0 heterocycles. The molecule has 1 N–H and O–H groups in total. The van der Waals surface area contributed by atoms with Crippen LogP contribution in [0, 0.1) is 11.6 Å². The molecular formula is C17H17F2NOS. The number of halogens is 2. The number of nitrogens with one attached hydrogen (secondary N) is 1. The lowest BCUT2D eigenvalue weighted by Crippen LogP contribution is -2.26. The van der Waals surface area contributed by atoms with Crippen molar-refractivity contribution in [2.24, 2.45) is 0 Å². The standard InChI is InChI=1S/C17H17F2NOS/c1-12(13-7-8-15(18)16(19)11-13)20-17(21)9-10-22-14-5-3-2-4-6-14/h2-8,11-12H,9-10H2,1H3,(H,20,21). The molecule has 0 spiro atoms. The van der Waals surface area contributed by atoms with E-state index in [0.717, 1.165) is 17.0 Å². The van der Waals surface area contributed by atoms with E-state index in [2.05, 4.69) is 5.32 Å². The Bertz CT molecular complexity index is 634. The van der Waals surface area contributed by atoms with Crippen LogP contribution >= 0.6 is 11.8 Å². The monoisotopic (exact) mass is 321 g/mol. The fraction of sp³-hybridized carbons (Fsp3) is 0.235. The summed E-state index contributed by atoms with van der Waals surface area (Å²) < 4.78 is 26.1. The van der Waals surface area contributed by atoms with E-state index in [4.69, 9.17) is 0 Å². The molecule has 116 valence electrons. The number of carbonyl (C=O) groups is 1. The summed E-state index contributed by atoms with van der Waals surface area (Å²) >= 11 is 1.61. The van der Waals surface area contributed by atoms with Crippen molar-refractivity contribution in [3.8, 4) is 0 Å². The van der Waals surface area contributed by atoms with Crippen molar-refractivity contribution in [2.75, 3.05) is 5.75 Å². The second-order valence-electron chi connectivity index (χ2n) is 4.87. The van der Waals surface area contributed by atoms with Crippen molar-refractivity contribution >= 4 is 17.7 Å². The molecule has 0 fully saturated rings. The average Bonchev–Trinajstić information content (AvgIpc) is 2.51. The van der Waals surface area contributed by atoms with E-state index in [-0.39, 0.29) is 11.9 Å². The van der Waals surface area contributed by atoms with Crippen LogP contribution in [0.15, 0.2) is 53.4 Å². The normalized spacial score (nSPS) is 12.0. The van der Waals surface area contributed by atoms with Crippen molar-refractivity contribution in [3.05, 3.63) is 65.7 Å². The molecule has 0 saturated heterocycles. The first kappa shape index (κ1) is 16.5. The van der Waals surface area contributed by atoms with Crippen LogP contribution in [0.3, 0.4) is 0 Å². The van der Waals surface area contributed by atoms with Gasteiger partial charge in [-0.25, -0.2) is 8.78 Å². The van der Waals surface area contributed by atoms with Gasteiger partial charge < -0.3 is 5.32 Å². The second kappa shape index (κ2) is 7.94. The van der Waals surface area contributed by atoms with Gasteiger partial charge in [0.05, 0.1) is 6.04 Å². The zero-order chi connectivity index (χ0) is 15.9. The van der Waals surface area contributed by atoms with Crippen LogP contribution < -0.4 is 5.32 Å². The maximum Gasteiger partial charge on any atom is 0.221 e. The fourth-order valence-electron chi connectivity index (χ4n) is 1.96. The SMILES string of the molecule is CC(NC(=O)CCSc1ccccc1)c1ccc(F)c(F)c1. The molecule has 0 aliphatic carbocycles. The smallest absolute Gasteiger partial charge is 0.221 e. The third-order valence-corrected chi connectivity index (χ3v) is 4.18. The molecule has 0 saturated carbocycles. The minimum Gasteiger partial charge on any atom is -0.350 e. The summed E-state index contributed by atoms with van der Waals surface area (Å²) in [4.78, 5) is 13.0. The van der Waals surface area contributed by atoms with Gasteiger partial charge in [0.2, 0.25) is 5.91 Å². The quantitative estimate of drug-likeness (QED) is 0.803. The predicted octanol–water partition coefficient (Wildman–Crippen LogP) is 4.32. The lowest BCUT2D eigenvalue weighted by molar-refractivity contribution is -0.121. The van der Waals surface area contributed by atoms with Crippen LogP contribution in [-0.4, -0.2) is 11.7 Å². The third kappa shape index (κ3) is 4.84. The topological polar surface area (TPSA) is 29.1 Å². The second-order valence-corrected chi connectivity index (χ2v) is 6.04. The van der Waals surface area contributed by atoms with Crippen molar-refractivity contribution in [1.82, 2.24) is 5.32 Å². The first-order valence-electron chi connectivity index (χ1n) is 6.98. The van der Waals surface area contributed by atoms with Gasteiger partial charge in [0.1, 0.15) is 0 Å². The largest absolute Gasteiger partial charge is 0.350 e. The number of amides is 1. The summed E-state index contributed by atoms with van der Waals surface area (Å²) in [5.41, 5.74) is 0.544. The van der Waals surface area contributed by atoms with Crippen LogP contribution in [0.4, 0.5) is 8.78 Å². The molecule has 2 rings (SSSR count). The number of thioether (sulfide) groups is 1. The predicted molar refractivity (Wildman–Crippen MR) is 84.7 cm³/mol. The van der Waals surface area contributed by atoms with Gasteiger partial charge in [-0.15, -0.1) is 11.8 Å².